The van der Waals surface area contributed by atoms with Crippen LogP contribution in [0.25, 0.3) is 0 Å². The summed E-state index contributed by atoms with van der Waals surface area (Å²) in [5, 5.41) is 6.70. The molecule has 118 valence electrons. The molecule has 0 unspecified atom stereocenters. The minimum Gasteiger partial charge on any atom is -0.354 e. The first kappa shape index (κ1) is 15.9. The van der Waals surface area contributed by atoms with Gasteiger partial charge in [0.1, 0.15) is 12.2 Å². The van der Waals surface area contributed by atoms with Crippen molar-refractivity contribution in [1.29, 1.82) is 0 Å². The maximum atomic E-state index is 12.7. The molecule has 1 aromatic heterocycles. The first-order valence-electron chi connectivity index (χ1n) is 7.74. The number of aromatic nitrogens is 2. The van der Waals surface area contributed by atoms with E-state index >= 15 is 0 Å². The van der Waals surface area contributed by atoms with Crippen LogP contribution in [0.2, 0.25) is 0 Å². The van der Waals surface area contributed by atoms with E-state index in [1.165, 1.54) is 17.2 Å². The summed E-state index contributed by atoms with van der Waals surface area (Å²) in [4.78, 5) is 11.9. The van der Waals surface area contributed by atoms with Crippen molar-refractivity contribution in [2.24, 2.45) is 0 Å². The minimum atomic E-state index is -2.58. The Balaban J connectivity index is 1.85. The number of hydrogen-bond acceptors (Lipinski definition) is 2. The van der Waals surface area contributed by atoms with Gasteiger partial charge in [0.25, 0.3) is 6.43 Å². The van der Waals surface area contributed by atoms with Crippen LogP contribution < -0.4 is 5.32 Å². The standard InChI is InChI=1S/C15H23F2N3O/c1-2-3-4-5-8-18-14(21)10-20-13(11-6-7-11)9-12(19-20)15(16)17/h9,11,15H,2-8,10H2,1H3,(H,18,21). The predicted octanol–water partition coefficient (Wildman–Crippen LogP) is 3.39. The Labute approximate surface area is 123 Å². The predicted molar refractivity (Wildman–Crippen MR) is 76.3 cm³/mol. The zero-order valence-electron chi connectivity index (χ0n) is 12.4. The largest absolute Gasteiger partial charge is 0.354 e. The molecular weight excluding hydrogens is 276 g/mol. The molecule has 0 saturated heterocycles. The normalized spacial score (nSPS) is 14.7. The van der Waals surface area contributed by atoms with Crippen molar-refractivity contribution >= 4 is 5.91 Å². The number of carbonyl (C=O) groups excluding carboxylic acids is 1. The molecule has 0 aromatic carbocycles. The Morgan fingerprint density at radius 1 is 1.43 bits per heavy atom. The molecule has 1 aromatic rings. The summed E-state index contributed by atoms with van der Waals surface area (Å²) in [6.07, 6.45) is 3.78. The van der Waals surface area contributed by atoms with Gasteiger partial charge in [0, 0.05) is 18.2 Å². The number of nitrogens with zero attached hydrogens (tertiary/aromatic N) is 2. The maximum Gasteiger partial charge on any atom is 0.282 e. The maximum absolute atomic E-state index is 12.7. The van der Waals surface area contributed by atoms with Gasteiger partial charge in [-0.1, -0.05) is 26.2 Å². The summed E-state index contributed by atoms with van der Waals surface area (Å²) in [5.41, 5.74) is 0.541. The topological polar surface area (TPSA) is 46.9 Å². The van der Waals surface area contributed by atoms with E-state index in [1.807, 2.05) is 0 Å². The van der Waals surface area contributed by atoms with Crippen LogP contribution in [0.5, 0.6) is 0 Å². The number of amides is 1. The van der Waals surface area contributed by atoms with Gasteiger partial charge in [0.15, 0.2) is 0 Å². The van der Waals surface area contributed by atoms with Gasteiger partial charge in [-0.3, -0.25) is 9.48 Å². The van der Waals surface area contributed by atoms with Crippen LogP contribution in [0.3, 0.4) is 0 Å². The van der Waals surface area contributed by atoms with E-state index in [2.05, 4.69) is 17.3 Å². The molecule has 1 fully saturated rings. The molecule has 0 bridgehead atoms. The van der Waals surface area contributed by atoms with Gasteiger partial charge in [0.2, 0.25) is 5.91 Å². The highest BCUT2D eigenvalue weighted by Crippen LogP contribution is 2.41. The van der Waals surface area contributed by atoms with E-state index in [9.17, 15) is 13.6 Å². The number of hydrogen-bond donors (Lipinski definition) is 1. The third-order valence-corrected chi connectivity index (χ3v) is 3.70. The van der Waals surface area contributed by atoms with Gasteiger partial charge >= 0.3 is 0 Å². The molecule has 1 aliphatic carbocycles. The van der Waals surface area contributed by atoms with Gasteiger partial charge in [0.05, 0.1) is 0 Å². The van der Waals surface area contributed by atoms with Crippen LogP contribution >= 0.6 is 0 Å². The molecule has 1 heterocycles. The van der Waals surface area contributed by atoms with Crippen LogP contribution in [0.15, 0.2) is 6.07 Å². The Bertz CT molecular complexity index is 469. The number of alkyl halides is 2. The average Bonchev–Trinajstić information content (AvgIpc) is 3.20. The molecule has 1 N–H and O–H groups in total. The molecule has 2 rings (SSSR count). The average molecular weight is 299 g/mol. The second kappa shape index (κ2) is 7.52. The fourth-order valence-corrected chi connectivity index (χ4v) is 2.36. The number of carbonyl (C=O) groups is 1. The summed E-state index contributed by atoms with van der Waals surface area (Å²) in [7, 11) is 0. The summed E-state index contributed by atoms with van der Waals surface area (Å²) < 4.78 is 26.9. The zero-order valence-corrected chi connectivity index (χ0v) is 12.4. The lowest BCUT2D eigenvalue weighted by Crippen LogP contribution is -2.29. The molecular formula is C15H23F2N3O. The zero-order chi connectivity index (χ0) is 15.2. The second-order valence-electron chi connectivity index (χ2n) is 5.64. The molecule has 0 atom stereocenters. The van der Waals surface area contributed by atoms with Crippen molar-refractivity contribution in [1.82, 2.24) is 15.1 Å². The second-order valence-corrected chi connectivity index (χ2v) is 5.64. The van der Waals surface area contributed by atoms with E-state index in [0.29, 0.717) is 12.5 Å². The van der Waals surface area contributed by atoms with Crippen molar-refractivity contribution in [3.8, 4) is 0 Å². The van der Waals surface area contributed by atoms with Gasteiger partial charge in [-0.15, -0.1) is 0 Å². The van der Waals surface area contributed by atoms with Crippen molar-refractivity contribution in [3.05, 3.63) is 17.5 Å². The molecule has 4 nitrogen and oxygen atoms in total. The lowest BCUT2D eigenvalue weighted by Gasteiger charge is -2.08. The molecule has 1 aliphatic rings. The molecule has 1 saturated carbocycles. The molecule has 0 aliphatic heterocycles. The van der Waals surface area contributed by atoms with Crippen LogP contribution in [0.1, 0.15) is 69.2 Å². The fourth-order valence-electron chi connectivity index (χ4n) is 2.36. The quantitative estimate of drug-likeness (QED) is 0.710. The van der Waals surface area contributed by atoms with Crippen LogP contribution in [-0.2, 0) is 11.3 Å². The monoisotopic (exact) mass is 299 g/mol. The van der Waals surface area contributed by atoms with Crippen molar-refractivity contribution in [2.75, 3.05) is 6.54 Å². The van der Waals surface area contributed by atoms with Crippen LogP contribution in [-0.4, -0.2) is 22.2 Å². The van der Waals surface area contributed by atoms with Crippen molar-refractivity contribution < 1.29 is 13.6 Å². The van der Waals surface area contributed by atoms with E-state index in [-0.39, 0.29) is 18.1 Å². The van der Waals surface area contributed by atoms with Gasteiger partial charge < -0.3 is 5.32 Å². The first-order chi connectivity index (χ1) is 10.1. The smallest absolute Gasteiger partial charge is 0.282 e. The Hall–Kier alpha value is -1.46. The number of nitrogens with one attached hydrogen (secondary N) is 1. The highest BCUT2D eigenvalue weighted by atomic mass is 19.3. The third-order valence-electron chi connectivity index (χ3n) is 3.70. The highest BCUT2D eigenvalue weighted by Gasteiger charge is 2.30. The Morgan fingerprint density at radius 2 is 2.19 bits per heavy atom. The third kappa shape index (κ3) is 4.79. The van der Waals surface area contributed by atoms with Crippen LogP contribution in [0, 0.1) is 0 Å². The summed E-state index contributed by atoms with van der Waals surface area (Å²) in [6, 6.07) is 1.44. The SMILES string of the molecule is CCCCCCNC(=O)Cn1nc(C(F)F)cc1C1CC1. The van der Waals surface area contributed by atoms with Gasteiger partial charge in [-0.2, -0.15) is 5.10 Å². The minimum absolute atomic E-state index is 0.0341. The highest BCUT2D eigenvalue weighted by molar-refractivity contribution is 5.75. The van der Waals surface area contributed by atoms with E-state index in [1.54, 1.807) is 0 Å². The summed E-state index contributed by atoms with van der Waals surface area (Å²) in [6.45, 7) is 2.81. The molecule has 6 heteroatoms. The van der Waals surface area contributed by atoms with E-state index in [0.717, 1.165) is 37.8 Å². The fraction of sp³-hybridized carbons (Fsp3) is 0.733. The summed E-state index contributed by atoms with van der Waals surface area (Å²) >= 11 is 0. The molecule has 21 heavy (non-hydrogen) atoms. The Morgan fingerprint density at radius 3 is 2.81 bits per heavy atom. The summed E-state index contributed by atoms with van der Waals surface area (Å²) in [5.74, 6) is 0.139. The number of rotatable bonds is 9. The van der Waals surface area contributed by atoms with Gasteiger partial charge in [-0.25, -0.2) is 8.78 Å². The number of unbranched alkanes of at least 4 members (excludes halogenated alkanes) is 3. The Kier molecular flexibility index (Phi) is 5.70. The lowest BCUT2D eigenvalue weighted by atomic mass is 10.2. The first-order valence-corrected chi connectivity index (χ1v) is 7.74. The molecule has 0 spiro atoms. The number of halogens is 2. The molecule has 0 radical (unpaired) electrons. The van der Waals surface area contributed by atoms with E-state index in [4.69, 9.17) is 0 Å². The lowest BCUT2D eigenvalue weighted by molar-refractivity contribution is -0.121. The van der Waals surface area contributed by atoms with Gasteiger partial charge in [-0.05, 0) is 25.3 Å². The van der Waals surface area contributed by atoms with Crippen molar-refractivity contribution in [3.63, 3.8) is 0 Å². The van der Waals surface area contributed by atoms with Crippen LogP contribution in [0.4, 0.5) is 8.78 Å². The van der Waals surface area contributed by atoms with E-state index < -0.39 is 6.43 Å². The molecule has 1 amide bonds. The van der Waals surface area contributed by atoms with Crippen molar-refractivity contribution in [2.45, 2.75) is 64.3 Å².